The molecule has 3 atom stereocenters. The van der Waals surface area contributed by atoms with Gasteiger partial charge in [0.2, 0.25) is 0 Å². The Morgan fingerprint density at radius 1 is 1.50 bits per heavy atom. The van der Waals surface area contributed by atoms with Gasteiger partial charge in [0.25, 0.3) is 0 Å². The summed E-state index contributed by atoms with van der Waals surface area (Å²) in [6.45, 7) is 4.84. The predicted octanol–water partition coefficient (Wildman–Crippen LogP) is 0.720. The van der Waals surface area contributed by atoms with Crippen molar-refractivity contribution < 1.29 is 9.53 Å². The maximum atomic E-state index is 11.6. The highest BCUT2D eigenvalue weighted by Crippen LogP contribution is 2.38. The first-order valence-electron chi connectivity index (χ1n) is 5.33. The van der Waals surface area contributed by atoms with Gasteiger partial charge in [0.1, 0.15) is 5.60 Å². The van der Waals surface area contributed by atoms with Gasteiger partial charge < -0.3 is 10.1 Å². The van der Waals surface area contributed by atoms with Gasteiger partial charge in [-0.25, -0.2) is 4.79 Å². The van der Waals surface area contributed by atoms with Gasteiger partial charge in [-0.3, -0.25) is 4.90 Å². The van der Waals surface area contributed by atoms with Crippen molar-refractivity contribution in [2.45, 2.75) is 50.4 Å². The fourth-order valence-electron chi connectivity index (χ4n) is 3.20. The number of hydrogen-bond acceptors (Lipinski definition) is 3. The number of rotatable bonds is 0. The SMILES string of the molecule is CC1(C)OC(=O)N2CC3CCC(N3)C21. The van der Waals surface area contributed by atoms with E-state index in [1.807, 2.05) is 18.7 Å². The van der Waals surface area contributed by atoms with Gasteiger partial charge >= 0.3 is 6.09 Å². The standard InChI is InChI=1S/C10H16N2O2/c1-10(2)8-7-4-3-6(11-7)5-12(8)9(13)14-10/h6-8,11H,3-5H2,1-2H3. The van der Waals surface area contributed by atoms with Gasteiger partial charge in [-0.1, -0.05) is 0 Å². The van der Waals surface area contributed by atoms with Crippen LogP contribution in [0.15, 0.2) is 0 Å². The van der Waals surface area contributed by atoms with Crippen molar-refractivity contribution in [1.29, 1.82) is 0 Å². The summed E-state index contributed by atoms with van der Waals surface area (Å²) in [5, 5.41) is 3.56. The highest BCUT2D eigenvalue weighted by atomic mass is 16.6. The number of fused-ring (bicyclic) bond motifs is 4. The number of ether oxygens (including phenoxy) is 1. The molecule has 3 rings (SSSR count). The minimum Gasteiger partial charge on any atom is -0.441 e. The summed E-state index contributed by atoms with van der Waals surface area (Å²) in [7, 11) is 0. The van der Waals surface area contributed by atoms with Crippen LogP contribution in [0.3, 0.4) is 0 Å². The van der Waals surface area contributed by atoms with Crippen LogP contribution in [0, 0.1) is 0 Å². The molecule has 3 aliphatic heterocycles. The lowest BCUT2D eigenvalue weighted by Gasteiger charge is -2.38. The largest absolute Gasteiger partial charge is 0.441 e. The molecule has 2 bridgehead atoms. The number of amides is 1. The molecule has 3 heterocycles. The van der Waals surface area contributed by atoms with Crippen LogP contribution in [0.5, 0.6) is 0 Å². The average Bonchev–Trinajstić information content (AvgIpc) is 2.54. The molecule has 4 nitrogen and oxygen atoms in total. The third-order valence-corrected chi connectivity index (χ3v) is 3.71. The van der Waals surface area contributed by atoms with E-state index in [2.05, 4.69) is 5.32 Å². The van der Waals surface area contributed by atoms with E-state index < -0.39 is 0 Å². The molecule has 3 saturated heterocycles. The minimum absolute atomic E-state index is 0.126. The van der Waals surface area contributed by atoms with E-state index in [1.54, 1.807) is 0 Å². The lowest BCUT2D eigenvalue weighted by Crippen LogP contribution is -2.60. The zero-order valence-electron chi connectivity index (χ0n) is 8.62. The number of nitrogens with zero attached hydrogens (tertiary/aromatic N) is 1. The second-order valence-corrected chi connectivity index (χ2v) is 5.12. The maximum absolute atomic E-state index is 11.6. The molecule has 0 radical (unpaired) electrons. The quantitative estimate of drug-likeness (QED) is 0.620. The molecule has 0 aromatic rings. The van der Waals surface area contributed by atoms with Crippen molar-refractivity contribution in [2.24, 2.45) is 0 Å². The van der Waals surface area contributed by atoms with E-state index >= 15 is 0 Å². The number of cyclic esters (lactones) is 1. The Morgan fingerprint density at radius 2 is 2.29 bits per heavy atom. The third-order valence-electron chi connectivity index (χ3n) is 3.71. The van der Waals surface area contributed by atoms with Crippen LogP contribution in [0.25, 0.3) is 0 Å². The van der Waals surface area contributed by atoms with Gasteiger partial charge in [0.05, 0.1) is 6.04 Å². The predicted molar refractivity (Wildman–Crippen MR) is 51.0 cm³/mol. The summed E-state index contributed by atoms with van der Waals surface area (Å²) in [6.07, 6.45) is 2.24. The van der Waals surface area contributed by atoms with E-state index in [4.69, 9.17) is 4.74 Å². The Labute approximate surface area is 83.6 Å². The van der Waals surface area contributed by atoms with Crippen LogP contribution in [0.4, 0.5) is 4.79 Å². The topological polar surface area (TPSA) is 41.6 Å². The van der Waals surface area contributed by atoms with Crippen LogP contribution >= 0.6 is 0 Å². The number of carbonyl (C=O) groups is 1. The van der Waals surface area contributed by atoms with Crippen molar-refractivity contribution in [3.05, 3.63) is 0 Å². The fraction of sp³-hybridized carbons (Fsp3) is 0.900. The second-order valence-electron chi connectivity index (χ2n) is 5.12. The molecule has 3 fully saturated rings. The van der Waals surface area contributed by atoms with E-state index in [0.29, 0.717) is 12.1 Å². The van der Waals surface area contributed by atoms with Crippen molar-refractivity contribution in [1.82, 2.24) is 10.2 Å². The van der Waals surface area contributed by atoms with Crippen LogP contribution in [0.2, 0.25) is 0 Å². The Morgan fingerprint density at radius 3 is 3.07 bits per heavy atom. The van der Waals surface area contributed by atoms with Crippen LogP contribution in [-0.2, 0) is 4.74 Å². The molecule has 0 aliphatic carbocycles. The lowest BCUT2D eigenvalue weighted by atomic mass is 9.91. The first-order valence-corrected chi connectivity index (χ1v) is 5.33. The van der Waals surface area contributed by atoms with Crippen molar-refractivity contribution in [2.75, 3.05) is 6.54 Å². The first kappa shape index (κ1) is 8.53. The highest BCUT2D eigenvalue weighted by Gasteiger charge is 2.56. The Hall–Kier alpha value is -0.770. The molecule has 1 amide bonds. The number of hydrogen-bond donors (Lipinski definition) is 1. The summed E-state index contributed by atoms with van der Waals surface area (Å²) in [4.78, 5) is 13.5. The summed E-state index contributed by atoms with van der Waals surface area (Å²) < 4.78 is 5.40. The summed E-state index contributed by atoms with van der Waals surface area (Å²) >= 11 is 0. The van der Waals surface area contributed by atoms with Crippen LogP contribution in [-0.4, -0.2) is 41.3 Å². The fourth-order valence-corrected chi connectivity index (χ4v) is 3.20. The summed E-state index contributed by atoms with van der Waals surface area (Å²) in [5.74, 6) is 0. The Kier molecular flexibility index (Phi) is 1.48. The second kappa shape index (κ2) is 2.42. The minimum atomic E-state index is -0.329. The molecule has 14 heavy (non-hydrogen) atoms. The molecule has 3 unspecified atom stereocenters. The maximum Gasteiger partial charge on any atom is 0.410 e. The van der Waals surface area contributed by atoms with E-state index in [-0.39, 0.29) is 17.7 Å². The molecule has 4 heteroatoms. The van der Waals surface area contributed by atoms with Crippen molar-refractivity contribution >= 4 is 6.09 Å². The van der Waals surface area contributed by atoms with E-state index in [9.17, 15) is 4.79 Å². The number of piperazine rings is 1. The summed E-state index contributed by atoms with van der Waals surface area (Å²) in [5.41, 5.74) is -0.329. The Bertz CT molecular complexity index is 290. The zero-order valence-corrected chi connectivity index (χ0v) is 8.62. The van der Waals surface area contributed by atoms with Gasteiger partial charge in [-0.2, -0.15) is 0 Å². The van der Waals surface area contributed by atoms with E-state index in [1.165, 1.54) is 12.8 Å². The molecular weight excluding hydrogens is 180 g/mol. The lowest BCUT2D eigenvalue weighted by molar-refractivity contribution is 0.0547. The van der Waals surface area contributed by atoms with Crippen molar-refractivity contribution in [3.63, 3.8) is 0 Å². The summed E-state index contributed by atoms with van der Waals surface area (Å²) in [6, 6.07) is 1.17. The van der Waals surface area contributed by atoms with Crippen LogP contribution < -0.4 is 5.32 Å². The molecule has 78 valence electrons. The van der Waals surface area contributed by atoms with E-state index in [0.717, 1.165) is 6.54 Å². The molecule has 1 N–H and O–H groups in total. The average molecular weight is 196 g/mol. The first-order chi connectivity index (χ1) is 6.58. The van der Waals surface area contributed by atoms with Gasteiger partial charge in [0.15, 0.2) is 0 Å². The van der Waals surface area contributed by atoms with Crippen molar-refractivity contribution in [3.8, 4) is 0 Å². The smallest absolute Gasteiger partial charge is 0.410 e. The van der Waals surface area contributed by atoms with Gasteiger partial charge in [-0.05, 0) is 26.7 Å². The molecular formula is C10H16N2O2. The number of carbonyl (C=O) groups excluding carboxylic acids is 1. The highest BCUT2D eigenvalue weighted by molar-refractivity contribution is 5.72. The van der Waals surface area contributed by atoms with Gasteiger partial charge in [-0.15, -0.1) is 0 Å². The Balaban J connectivity index is 1.97. The van der Waals surface area contributed by atoms with Crippen LogP contribution in [0.1, 0.15) is 26.7 Å². The zero-order chi connectivity index (χ0) is 9.92. The molecule has 0 spiro atoms. The number of nitrogens with one attached hydrogen (secondary N) is 1. The monoisotopic (exact) mass is 196 g/mol. The molecule has 3 aliphatic rings. The molecule has 0 aromatic heterocycles. The molecule has 0 saturated carbocycles. The normalized spacial score (nSPS) is 43.7. The van der Waals surface area contributed by atoms with Gasteiger partial charge in [0, 0.05) is 18.6 Å². The third kappa shape index (κ3) is 0.947. The molecule has 0 aromatic carbocycles.